The van der Waals surface area contributed by atoms with Crippen LogP contribution in [0.4, 0.5) is 0 Å². The quantitative estimate of drug-likeness (QED) is 0.888. The highest BCUT2D eigenvalue weighted by molar-refractivity contribution is 6.42. The highest BCUT2D eigenvalue weighted by Gasteiger charge is 2.26. The fourth-order valence-electron chi connectivity index (χ4n) is 2.85. The van der Waals surface area contributed by atoms with E-state index in [4.69, 9.17) is 28.9 Å². The van der Waals surface area contributed by atoms with Crippen LogP contribution in [0.1, 0.15) is 44.7 Å². The van der Waals surface area contributed by atoms with Gasteiger partial charge in [0.25, 0.3) is 0 Å². The average Bonchev–Trinajstić information content (AvgIpc) is 2.42. The van der Waals surface area contributed by atoms with E-state index in [1.807, 2.05) is 18.2 Å². The van der Waals surface area contributed by atoms with Crippen LogP contribution in [0.3, 0.4) is 0 Å². The maximum absolute atomic E-state index is 6.10. The molecule has 3 N–H and O–H groups in total. The molecule has 1 aromatic carbocycles. The van der Waals surface area contributed by atoms with E-state index in [9.17, 15) is 0 Å². The third kappa shape index (κ3) is 3.66. The Bertz CT molecular complexity index is 443. The monoisotopic (exact) mass is 315 g/mol. The maximum Gasteiger partial charge on any atom is 0.0595 e. The van der Waals surface area contributed by atoms with Gasteiger partial charge < -0.3 is 5.73 Å². The number of benzene rings is 1. The predicted molar refractivity (Wildman–Crippen MR) is 86.0 cm³/mol. The van der Waals surface area contributed by atoms with Gasteiger partial charge in [0.2, 0.25) is 0 Å². The Kier molecular flexibility index (Phi) is 5.70. The topological polar surface area (TPSA) is 41.3 Å². The molecule has 0 amide bonds. The summed E-state index contributed by atoms with van der Waals surface area (Å²) in [6, 6.07) is 6.82. The van der Waals surface area contributed by atoms with Crippen molar-refractivity contribution in [2.75, 3.05) is 6.54 Å². The molecule has 112 valence electrons. The van der Waals surface area contributed by atoms with E-state index < -0.39 is 0 Å². The number of hydrogen-bond donors (Lipinski definition) is 2. The van der Waals surface area contributed by atoms with Crippen molar-refractivity contribution in [1.82, 2.24) is 10.4 Å². The minimum Gasteiger partial charge on any atom is -0.329 e. The number of hydrazine groups is 1. The summed E-state index contributed by atoms with van der Waals surface area (Å²) in [4.78, 5) is 0. The van der Waals surface area contributed by atoms with Gasteiger partial charge in [-0.25, -0.2) is 10.4 Å². The van der Waals surface area contributed by atoms with Gasteiger partial charge in [0.15, 0.2) is 0 Å². The van der Waals surface area contributed by atoms with Gasteiger partial charge in [0.05, 0.1) is 16.1 Å². The van der Waals surface area contributed by atoms with E-state index in [0.717, 1.165) is 5.56 Å². The van der Waals surface area contributed by atoms with Gasteiger partial charge in [-0.3, -0.25) is 0 Å². The standard InChI is InChI=1S/C15H23Cl2N3/c1-10-4-3-5-11(2)20(10)19-15(9-18)12-6-7-13(16)14(17)8-12/h6-8,10-11,15,19H,3-5,9,18H2,1-2H3. The van der Waals surface area contributed by atoms with Crippen molar-refractivity contribution in [3.63, 3.8) is 0 Å². The second-order valence-corrected chi connectivity index (χ2v) is 6.44. The molecular formula is C15H23Cl2N3. The molecule has 1 fully saturated rings. The number of nitrogens with two attached hydrogens (primary N) is 1. The fourth-order valence-corrected chi connectivity index (χ4v) is 3.15. The Labute approximate surface area is 131 Å². The molecule has 1 aliphatic heterocycles. The van der Waals surface area contributed by atoms with Gasteiger partial charge in [-0.15, -0.1) is 0 Å². The average molecular weight is 316 g/mol. The zero-order valence-electron chi connectivity index (χ0n) is 12.1. The number of nitrogens with zero attached hydrogens (tertiary/aromatic N) is 1. The van der Waals surface area contributed by atoms with Gasteiger partial charge in [-0.05, 0) is 44.4 Å². The largest absolute Gasteiger partial charge is 0.329 e. The predicted octanol–water partition coefficient (Wildman–Crippen LogP) is 3.76. The van der Waals surface area contributed by atoms with Crippen molar-refractivity contribution < 1.29 is 0 Å². The van der Waals surface area contributed by atoms with Crippen LogP contribution in [0.5, 0.6) is 0 Å². The second-order valence-electron chi connectivity index (χ2n) is 5.63. The van der Waals surface area contributed by atoms with Crippen molar-refractivity contribution in [2.24, 2.45) is 5.73 Å². The normalized spacial score (nSPS) is 25.6. The Balaban J connectivity index is 2.13. The van der Waals surface area contributed by atoms with Crippen molar-refractivity contribution in [1.29, 1.82) is 0 Å². The van der Waals surface area contributed by atoms with E-state index in [0.29, 0.717) is 28.7 Å². The molecule has 2 rings (SSSR count). The highest BCUT2D eigenvalue weighted by Crippen LogP contribution is 2.27. The van der Waals surface area contributed by atoms with Crippen molar-refractivity contribution in [2.45, 2.75) is 51.2 Å². The smallest absolute Gasteiger partial charge is 0.0595 e. The molecule has 0 radical (unpaired) electrons. The molecule has 3 atom stereocenters. The summed E-state index contributed by atoms with van der Waals surface area (Å²) in [5.41, 5.74) is 10.6. The molecule has 1 heterocycles. The van der Waals surface area contributed by atoms with E-state index in [1.54, 1.807) is 0 Å². The summed E-state index contributed by atoms with van der Waals surface area (Å²) in [6.45, 7) is 5.03. The molecule has 0 saturated carbocycles. The molecule has 0 aromatic heterocycles. The molecular weight excluding hydrogens is 293 g/mol. The van der Waals surface area contributed by atoms with Gasteiger partial charge in [-0.1, -0.05) is 35.7 Å². The van der Waals surface area contributed by atoms with E-state index in [1.165, 1.54) is 19.3 Å². The molecule has 0 spiro atoms. The summed E-state index contributed by atoms with van der Waals surface area (Å²) in [5, 5.41) is 3.49. The fraction of sp³-hybridized carbons (Fsp3) is 0.600. The molecule has 20 heavy (non-hydrogen) atoms. The van der Waals surface area contributed by atoms with Gasteiger partial charge >= 0.3 is 0 Å². The molecule has 1 aliphatic rings. The summed E-state index contributed by atoms with van der Waals surface area (Å²) in [7, 11) is 0. The number of piperidine rings is 1. The molecule has 3 unspecified atom stereocenters. The highest BCUT2D eigenvalue weighted by atomic mass is 35.5. The summed E-state index contributed by atoms with van der Waals surface area (Å²) >= 11 is 12.1. The van der Waals surface area contributed by atoms with Crippen LogP contribution in [-0.2, 0) is 0 Å². The minimum atomic E-state index is 0.0627. The lowest BCUT2D eigenvalue weighted by atomic mass is 9.99. The summed E-state index contributed by atoms with van der Waals surface area (Å²) in [5.74, 6) is 0. The van der Waals surface area contributed by atoms with Crippen LogP contribution in [0.25, 0.3) is 0 Å². The first-order valence-corrected chi connectivity index (χ1v) is 7.98. The van der Waals surface area contributed by atoms with Gasteiger partial charge in [-0.2, -0.15) is 0 Å². The van der Waals surface area contributed by atoms with Crippen molar-refractivity contribution in [3.05, 3.63) is 33.8 Å². The SMILES string of the molecule is CC1CCCC(C)N1NC(CN)c1ccc(Cl)c(Cl)c1. The Morgan fingerprint density at radius 1 is 1.25 bits per heavy atom. The Morgan fingerprint density at radius 3 is 2.45 bits per heavy atom. The van der Waals surface area contributed by atoms with Gasteiger partial charge in [0.1, 0.15) is 0 Å². The number of rotatable bonds is 4. The lowest BCUT2D eigenvalue weighted by Gasteiger charge is -2.41. The molecule has 1 aromatic rings. The van der Waals surface area contributed by atoms with Crippen LogP contribution in [-0.4, -0.2) is 23.6 Å². The van der Waals surface area contributed by atoms with Crippen LogP contribution in [0.2, 0.25) is 10.0 Å². The molecule has 3 nitrogen and oxygen atoms in total. The second kappa shape index (κ2) is 7.10. The third-order valence-electron chi connectivity index (χ3n) is 4.08. The zero-order chi connectivity index (χ0) is 14.7. The van der Waals surface area contributed by atoms with Crippen LogP contribution in [0.15, 0.2) is 18.2 Å². The Morgan fingerprint density at radius 2 is 1.90 bits per heavy atom. The number of nitrogens with one attached hydrogen (secondary N) is 1. The number of halogens is 2. The molecule has 5 heteroatoms. The molecule has 0 aliphatic carbocycles. The van der Waals surface area contributed by atoms with Crippen LogP contribution >= 0.6 is 23.2 Å². The van der Waals surface area contributed by atoms with Crippen molar-refractivity contribution >= 4 is 23.2 Å². The Hall–Kier alpha value is -0.320. The first kappa shape index (κ1) is 16.1. The zero-order valence-corrected chi connectivity index (χ0v) is 13.6. The summed E-state index contributed by atoms with van der Waals surface area (Å²) < 4.78 is 0. The minimum absolute atomic E-state index is 0.0627. The van der Waals surface area contributed by atoms with E-state index in [2.05, 4.69) is 24.3 Å². The molecule has 1 saturated heterocycles. The third-order valence-corrected chi connectivity index (χ3v) is 4.82. The van der Waals surface area contributed by atoms with Gasteiger partial charge in [0, 0.05) is 18.6 Å². The number of hydrogen-bond acceptors (Lipinski definition) is 3. The van der Waals surface area contributed by atoms with Crippen LogP contribution < -0.4 is 11.2 Å². The maximum atomic E-state index is 6.10. The lowest BCUT2D eigenvalue weighted by molar-refractivity contribution is 0.0304. The van der Waals surface area contributed by atoms with Crippen LogP contribution in [0, 0.1) is 0 Å². The first-order valence-electron chi connectivity index (χ1n) is 7.22. The summed E-state index contributed by atoms with van der Waals surface area (Å²) in [6.07, 6.45) is 3.73. The lowest BCUT2D eigenvalue weighted by Crippen LogP contribution is -2.54. The van der Waals surface area contributed by atoms with E-state index >= 15 is 0 Å². The van der Waals surface area contributed by atoms with E-state index in [-0.39, 0.29) is 6.04 Å². The molecule has 0 bridgehead atoms. The first-order chi connectivity index (χ1) is 9.52. The van der Waals surface area contributed by atoms with Crippen molar-refractivity contribution in [3.8, 4) is 0 Å².